The lowest BCUT2D eigenvalue weighted by Crippen LogP contribution is -2.74. The molecule has 0 bridgehead atoms. The van der Waals surface area contributed by atoms with Crippen molar-refractivity contribution in [3.05, 3.63) is 158 Å². The van der Waals surface area contributed by atoms with Crippen LogP contribution >= 0.6 is 0 Å². The quantitative estimate of drug-likeness (QED) is 0.276. The smallest absolute Gasteiger partial charge is 0.252 e. The number of para-hydroxylation sites is 4. The molecule has 0 N–H and O–H groups in total. The highest BCUT2D eigenvalue weighted by atomic mass is 28.2. The van der Waals surface area contributed by atoms with Crippen molar-refractivity contribution in [2.24, 2.45) is 0 Å². The van der Waals surface area contributed by atoms with Crippen molar-refractivity contribution in [1.29, 1.82) is 0 Å². The van der Waals surface area contributed by atoms with E-state index in [0.717, 1.165) is 0 Å². The summed E-state index contributed by atoms with van der Waals surface area (Å²) in [6, 6.07) is 59.2. The molecule has 5 heteroatoms. The van der Waals surface area contributed by atoms with Crippen molar-refractivity contribution in [2.45, 2.75) is 0 Å². The van der Waals surface area contributed by atoms with Crippen molar-refractivity contribution >= 4 is 100 Å². The minimum Gasteiger partial charge on any atom is -0.312 e. The summed E-state index contributed by atoms with van der Waals surface area (Å²) >= 11 is 0. The molecule has 0 aliphatic carbocycles. The normalized spacial score (nSPS) is 14.6. The lowest BCUT2D eigenvalue weighted by Gasteiger charge is -2.49. The molecule has 0 spiro atoms. The van der Waals surface area contributed by atoms with E-state index in [1.807, 2.05) is 0 Å². The Kier molecular flexibility index (Phi) is 5.19. The standard InChI is InChI=1S/C42H28B2N2Si/c1-2-14-27(15-3-1)28-16-4-9-21-33(28)45-34-22-10-5-17-29(34)43-30-18-6-11-23-35(30)46-36-24-12-7-19-31(36)44-32-20-8-13-25-38(32)47-39-26-37(45)40(43)42(46)41(39)44/h1-26H,47H2. The zero-order valence-corrected chi connectivity index (χ0v) is 27.2. The Hall–Kier alpha value is -5.51. The van der Waals surface area contributed by atoms with Crippen LogP contribution in [-0.2, 0) is 0 Å². The fourth-order valence-corrected chi connectivity index (χ4v) is 11.2. The molecule has 0 amide bonds. The van der Waals surface area contributed by atoms with Gasteiger partial charge in [-0.25, -0.2) is 0 Å². The first-order valence-electron chi connectivity index (χ1n) is 16.7. The SMILES string of the molecule is c1ccc(-c2ccccc2N2c3ccccc3B3c4ccccc4N4c5ccccc5B5c6ccccc6[SiH2]c6cc2c3c4c65)cc1. The summed E-state index contributed by atoms with van der Waals surface area (Å²) in [7, 11) is -0.737. The van der Waals surface area contributed by atoms with E-state index >= 15 is 0 Å². The number of benzene rings is 7. The molecule has 0 atom stereocenters. The molecule has 0 saturated carbocycles. The molecule has 0 saturated heterocycles. The number of fused-ring (bicyclic) bond motifs is 10. The minimum atomic E-state index is -0.737. The number of hydrogen-bond donors (Lipinski definition) is 0. The van der Waals surface area contributed by atoms with Gasteiger partial charge in [0.25, 0.3) is 6.71 Å². The molecule has 4 aliphatic heterocycles. The van der Waals surface area contributed by atoms with Gasteiger partial charge in [-0.3, -0.25) is 0 Å². The van der Waals surface area contributed by atoms with Gasteiger partial charge in [0.2, 0.25) is 6.71 Å². The van der Waals surface area contributed by atoms with Crippen molar-refractivity contribution in [3.8, 4) is 11.1 Å². The van der Waals surface area contributed by atoms with Gasteiger partial charge in [0.05, 0.1) is 15.2 Å². The highest BCUT2D eigenvalue weighted by Gasteiger charge is 2.49. The molecule has 4 heterocycles. The molecule has 216 valence electrons. The Morgan fingerprint density at radius 2 is 0.894 bits per heavy atom. The zero-order chi connectivity index (χ0) is 30.6. The number of anilines is 6. The minimum absolute atomic E-state index is 0.152. The molecule has 11 rings (SSSR count). The van der Waals surface area contributed by atoms with Crippen LogP contribution in [0.2, 0.25) is 0 Å². The third-order valence-corrected chi connectivity index (χ3v) is 12.9. The first-order chi connectivity index (χ1) is 23.4. The second kappa shape index (κ2) is 9.51. The van der Waals surface area contributed by atoms with E-state index in [1.165, 1.54) is 72.6 Å². The van der Waals surface area contributed by atoms with Crippen LogP contribution in [-0.4, -0.2) is 22.9 Å². The summed E-state index contributed by atoms with van der Waals surface area (Å²) in [6.07, 6.45) is 0. The molecule has 2 nitrogen and oxygen atoms in total. The van der Waals surface area contributed by atoms with Gasteiger partial charge in [-0.05, 0) is 63.2 Å². The second-order valence-electron chi connectivity index (χ2n) is 13.2. The number of hydrogen-bond acceptors (Lipinski definition) is 2. The largest absolute Gasteiger partial charge is 0.312 e. The lowest BCUT2D eigenvalue weighted by atomic mass is 9.29. The maximum Gasteiger partial charge on any atom is 0.252 e. The summed E-state index contributed by atoms with van der Waals surface area (Å²) < 4.78 is 0. The average molecular weight is 610 g/mol. The predicted molar refractivity (Wildman–Crippen MR) is 205 cm³/mol. The Balaban J connectivity index is 1.30. The van der Waals surface area contributed by atoms with E-state index in [1.54, 1.807) is 15.8 Å². The zero-order valence-electron chi connectivity index (χ0n) is 25.8. The van der Waals surface area contributed by atoms with Crippen LogP contribution < -0.4 is 53.0 Å². The van der Waals surface area contributed by atoms with Crippen LogP contribution in [0.1, 0.15) is 0 Å². The third kappa shape index (κ3) is 3.37. The van der Waals surface area contributed by atoms with Gasteiger partial charge in [0.1, 0.15) is 0 Å². The van der Waals surface area contributed by atoms with E-state index < -0.39 is 9.52 Å². The predicted octanol–water partition coefficient (Wildman–Crippen LogP) is 3.70. The fraction of sp³-hybridized carbons (Fsp3) is 0. The van der Waals surface area contributed by atoms with Crippen molar-refractivity contribution < 1.29 is 0 Å². The van der Waals surface area contributed by atoms with Gasteiger partial charge in [0.15, 0.2) is 0 Å². The molecule has 7 aromatic rings. The molecule has 47 heavy (non-hydrogen) atoms. The highest BCUT2D eigenvalue weighted by Crippen LogP contribution is 2.46. The Morgan fingerprint density at radius 3 is 1.57 bits per heavy atom. The fourth-order valence-electron chi connectivity index (χ4n) is 9.15. The Labute approximate surface area is 277 Å². The van der Waals surface area contributed by atoms with Crippen LogP contribution in [0.3, 0.4) is 0 Å². The van der Waals surface area contributed by atoms with Crippen molar-refractivity contribution in [3.63, 3.8) is 0 Å². The van der Waals surface area contributed by atoms with Crippen molar-refractivity contribution in [2.75, 3.05) is 9.80 Å². The van der Waals surface area contributed by atoms with E-state index in [-0.39, 0.29) is 13.4 Å². The summed E-state index contributed by atoms with van der Waals surface area (Å²) in [4.78, 5) is 5.23. The van der Waals surface area contributed by atoms with Crippen LogP contribution in [0.4, 0.5) is 34.1 Å². The molecule has 0 fully saturated rings. The molecular weight excluding hydrogens is 582 g/mol. The summed E-state index contributed by atoms with van der Waals surface area (Å²) in [5.74, 6) is 0. The van der Waals surface area contributed by atoms with E-state index in [9.17, 15) is 0 Å². The average Bonchev–Trinajstić information content (AvgIpc) is 3.14. The van der Waals surface area contributed by atoms with Gasteiger partial charge in [-0.15, -0.1) is 0 Å². The third-order valence-electron chi connectivity index (χ3n) is 10.9. The summed E-state index contributed by atoms with van der Waals surface area (Å²) in [5.41, 5.74) is 19.0. The van der Waals surface area contributed by atoms with Gasteiger partial charge >= 0.3 is 0 Å². The monoisotopic (exact) mass is 610 g/mol. The van der Waals surface area contributed by atoms with Crippen LogP contribution in [0.15, 0.2) is 158 Å². The van der Waals surface area contributed by atoms with Crippen LogP contribution in [0.5, 0.6) is 0 Å². The molecule has 4 aliphatic rings. The Bertz CT molecular complexity index is 2430. The molecule has 7 aromatic carbocycles. The molecule has 0 radical (unpaired) electrons. The first-order valence-corrected chi connectivity index (χ1v) is 18.1. The van der Waals surface area contributed by atoms with Crippen LogP contribution in [0, 0.1) is 0 Å². The molecular formula is C42H28B2N2Si. The van der Waals surface area contributed by atoms with Crippen molar-refractivity contribution in [1.82, 2.24) is 0 Å². The first kappa shape index (κ1) is 25.7. The number of nitrogens with zero attached hydrogens (tertiary/aromatic N) is 2. The number of rotatable bonds is 2. The van der Waals surface area contributed by atoms with Gasteiger partial charge in [0, 0.05) is 34.0 Å². The molecule has 0 unspecified atom stereocenters. The van der Waals surface area contributed by atoms with Gasteiger partial charge in [-0.2, -0.15) is 0 Å². The summed E-state index contributed by atoms with van der Waals surface area (Å²) in [5, 5.41) is 3.14. The maximum atomic E-state index is 2.63. The van der Waals surface area contributed by atoms with E-state index in [2.05, 4.69) is 168 Å². The lowest BCUT2D eigenvalue weighted by molar-refractivity contribution is 1.26. The summed E-state index contributed by atoms with van der Waals surface area (Å²) in [6.45, 7) is 0.391. The van der Waals surface area contributed by atoms with Gasteiger partial charge in [-0.1, -0.05) is 143 Å². The topological polar surface area (TPSA) is 6.48 Å². The molecule has 0 aromatic heterocycles. The maximum absolute atomic E-state index is 2.63. The van der Waals surface area contributed by atoms with Crippen LogP contribution in [0.25, 0.3) is 11.1 Å². The van der Waals surface area contributed by atoms with E-state index in [0.29, 0.717) is 0 Å². The van der Waals surface area contributed by atoms with E-state index in [4.69, 9.17) is 0 Å². The second-order valence-corrected chi connectivity index (χ2v) is 15.1. The highest BCUT2D eigenvalue weighted by molar-refractivity contribution is 7.08. The Morgan fingerprint density at radius 1 is 0.383 bits per heavy atom. The van der Waals surface area contributed by atoms with Gasteiger partial charge < -0.3 is 9.80 Å².